The van der Waals surface area contributed by atoms with E-state index < -0.39 is 0 Å². The molecule has 9 heteroatoms. The molecule has 0 unspecified atom stereocenters. The Balaban J connectivity index is 1.55. The minimum Gasteiger partial charge on any atom is -0.473 e. The topological polar surface area (TPSA) is 106 Å². The minimum atomic E-state index is -0.335. The summed E-state index contributed by atoms with van der Waals surface area (Å²) in [6, 6.07) is 9.06. The largest absolute Gasteiger partial charge is 0.473 e. The molecule has 150 valence electrons. The van der Waals surface area contributed by atoms with Crippen LogP contribution in [-0.2, 0) is 11.4 Å². The fourth-order valence-corrected chi connectivity index (χ4v) is 2.47. The van der Waals surface area contributed by atoms with E-state index in [1.165, 1.54) is 31.5 Å². The van der Waals surface area contributed by atoms with Crippen molar-refractivity contribution in [2.75, 3.05) is 13.1 Å². The summed E-state index contributed by atoms with van der Waals surface area (Å²) in [4.78, 5) is 26.9. The Morgan fingerprint density at radius 1 is 1.10 bits per heavy atom. The van der Waals surface area contributed by atoms with Crippen LogP contribution in [0.5, 0.6) is 5.88 Å². The van der Waals surface area contributed by atoms with E-state index in [2.05, 4.69) is 20.8 Å². The quantitative estimate of drug-likeness (QED) is 0.564. The predicted octanol–water partition coefficient (Wildman–Crippen LogP) is 2.32. The Kier molecular flexibility index (Phi) is 6.51. The van der Waals surface area contributed by atoms with Crippen LogP contribution in [0.4, 0.5) is 4.39 Å². The number of hydrogen-bond donors (Lipinski definition) is 2. The zero-order valence-corrected chi connectivity index (χ0v) is 15.6. The Morgan fingerprint density at radius 3 is 2.55 bits per heavy atom. The fourth-order valence-electron chi connectivity index (χ4n) is 2.47. The molecule has 0 radical (unpaired) electrons. The Bertz CT molecular complexity index is 971. The maximum atomic E-state index is 13.1. The van der Waals surface area contributed by atoms with Crippen molar-refractivity contribution in [3.8, 4) is 17.1 Å². The van der Waals surface area contributed by atoms with E-state index >= 15 is 0 Å². The molecule has 1 aromatic carbocycles. The normalized spacial score (nSPS) is 10.4. The van der Waals surface area contributed by atoms with Crippen molar-refractivity contribution in [1.29, 1.82) is 0 Å². The summed E-state index contributed by atoms with van der Waals surface area (Å²) in [6.45, 7) is 2.22. The number of amides is 2. The lowest BCUT2D eigenvalue weighted by Crippen LogP contribution is -2.33. The number of ether oxygens (including phenoxy) is 1. The van der Waals surface area contributed by atoms with Crippen LogP contribution in [0.15, 0.2) is 53.4 Å². The van der Waals surface area contributed by atoms with E-state index in [0.29, 0.717) is 41.4 Å². The number of halogens is 1. The second-order valence-corrected chi connectivity index (χ2v) is 6.11. The molecule has 3 rings (SSSR count). The van der Waals surface area contributed by atoms with Crippen molar-refractivity contribution in [1.82, 2.24) is 20.8 Å². The van der Waals surface area contributed by atoms with Crippen molar-refractivity contribution < 1.29 is 23.2 Å². The van der Waals surface area contributed by atoms with Gasteiger partial charge in [-0.15, -0.1) is 0 Å². The average Bonchev–Trinajstić information content (AvgIpc) is 3.19. The van der Waals surface area contributed by atoms with Gasteiger partial charge >= 0.3 is 0 Å². The van der Waals surface area contributed by atoms with Gasteiger partial charge in [0.2, 0.25) is 11.8 Å². The van der Waals surface area contributed by atoms with Gasteiger partial charge in [-0.1, -0.05) is 5.16 Å². The SMILES string of the molecule is CC(=O)NCCNC(=O)c1ccc(OCc2conc2-c2ccc(F)cc2)nc1. The summed E-state index contributed by atoms with van der Waals surface area (Å²) in [7, 11) is 0. The summed E-state index contributed by atoms with van der Waals surface area (Å²) in [6.07, 6.45) is 2.85. The van der Waals surface area contributed by atoms with Crippen molar-refractivity contribution in [3.05, 3.63) is 65.8 Å². The fraction of sp³-hybridized carbons (Fsp3) is 0.200. The second kappa shape index (κ2) is 9.45. The van der Waals surface area contributed by atoms with Gasteiger partial charge in [0.1, 0.15) is 24.4 Å². The molecule has 2 heterocycles. The number of rotatable bonds is 8. The van der Waals surface area contributed by atoms with Crippen LogP contribution in [0.2, 0.25) is 0 Å². The molecule has 0 aliphatic carbocycles. The number of hydrogen-bond acceptors (Lipinski definition) is 6. The third-order valence-corrected chi connectivity index (χ3v) is 3.92. The highest BCUT2D eigenvalue weighted by Gasteiger charge is 2.12. The molecular weight excluding hydrogens is 379 g/mol. The van der Waals surface area contributed by atoms with Crippen molar-refractivity contribution in [3.63, 3.8) is 0 Å². The number of nitrogens with zero attached hydrogens (tertiary/aromatic N) is 2. The maximum absolute atomic E-state index is 13.1. The standard InChI is InChI=1S/C20H19FN4O4/c1-13(26)22-8-9-23-20(27)15-4-7-18(24-10-15)28-11-16-12-29-25-19(16)14-2-5-17(21)6-3-14/h2-7,10,12H,8-9,11H2,1H3,(H,22,26)(H,23,27). The second-order valence-electron chi connectivity index (χ2n) is 6.11. The van der Waals surface area contributed by atoms with Gasteiger partial charge in [-0.3, -0.25) is 9.59 Å². The number of carbonyl (C=O) groups excluding carboxylic acids is 2. The molecule has 0 bridgehead atoms. The Labute approximate surface area is 166 Å². The monoisotopic (exact) mass is 398 g/mol. The molecule has 0 saturated carbocycles. The number of aromatic nitrogens is 2. The van der Waals surface area contributed by atoms with Crippen molar-refractivity contribution in [2.45, 2.75) is 13.5 Å². The van der Waals surface area contributed by atoms with Gasteiger partial charge in [-0.05, 0) is 30.3 Å². The molecule has 0 fully saturated rings. The van der Waals surface area contributed by atoms with Gasteiger partial charge < -0.3 is 19.9 Å². The van der Waals surface area contributed by atoms with E-state index in [9.17, 15) is 14.0 Å². The first kappa shape index (κ1) is 20.0. The third-order valence-electron chi connectivity index (χ3n) is 3.92. The molecule has 0 atom stereocenters. The molecule has 2 aromatic heterocycles. The van der Waals surface area contributed by atoms with Gasteiger partial charge in [0.15, 0.2) is 0 Å². The highest BCUT2D eigenvalue weighted by molar-refractivity contribution is 5.93. The Hall–Kier alpha value is -3.75. The molecular formula is C20H19FN4O4. The van der Waals surface area contributed by atoms with E-state index in [0.717, 1.165) is 0 Å². The van der Waals surface area contributed by atoms with E-state index in [-0.39, 0.29) is 24.2 Å². The summed E-state index contributed by atoms with van der Waals surface area (Å²) in [5, 5.41) is 9.20. The van der Waals surface area contributed by atoms with Crippen LogP contribution in [0.1, 0.15) is 22.8 Å². The lowest BCUT2D eigenvalue weighted by atomic mass is 10.1. The highest BCUT2D eigenvalue weighted by Crippen LogP contribution is 2.23. The van der Waals surface area contributed by atoms with Gasteiger partial charge in [0.25, 0.3) is 5.91 Å². The third kappa shape index (κ3) is 5.61. The molecule has 0 aliphatic rings. The minimum absolute atomic E-state index is 0.144. The average molecular weight is 398 g/mol. The molecule has 0 spiro atoms. The number of carbonyl (C=O) groups is 2. The summed E-state index contributed by atoms with van der Waals surface area (Å²) in [5.41, 5.74) is 2.31. The smallest absolute Gasteiger partial charge is 0.252 e. The molecule has 2 N–H and O–H groups in total. The van der Waals surface area contributed by atoms with Crippen LogP contribution in [-0.4, -0.2) is 35.0 Å². The highest BCUT2D eigenvalue weighted by atomic mass is 19.1. The van der Waals surface area contributed by atoms with Gasteiger partial charge in [-0.2, -0.15) is 0 Å². The van der Waals surface area contributed by atoms with Gasteiger partial charge in [0.05, 0.1) is 11.1 Å². The van der Waals surface area contributed by atoms with Crippen molar-refractivity contribution >= 4 is 11.8 Å². The van der Waals surface area contributed by atoms with E-state index in [1.54, 1.807) is 24.3 Å². The first-order chi connectivity index (χ1) is 14.0. The van der Waals surface area contributed by atoms with Crippen LogP contribution in [0, 0.1) is 5.82 Å². The predicted molar refractivity (Wildman–Crippen MR) is 101 cm³/mol. The van der Waals surface area contributed by atoms with E-state index in [4.69, 9.17) is 9.26 Å². The zero-order chi connectivity index (χ0) is 20.6. The van der Waals surface area contributed by atoms with Crippen LogP contribution in [0.25, 0.3) is 11.3 Å². The number of nitrogens with one attached hydrogen (secondary N) is 2. The summed E-state index contributed by atoms with van der Waals surface area (Å²) < 4.78 is 23.7. The van der Waals surface area contributed by atoms with Crippen LogP contribution >= 0.6 is 0 Å². The number of pyridine rings is 1. The first-order valence-electron chi connectivity index (χ1n) is 8.83. The van der Waals surface area contributed by atoms with Crippen LogP contribution < -0.4 is 15.4 Å². The molecule has 0 aliphatic heterocycles. The zero-order valence-electron chi connectivity index (χ0n) is 15.6. The maximum Gasteiger partial charge on any atom is 0.252 e. The lowest BCUT2D eigenvalue weighted by molar-refractivity contribution is -0.118. The van der Waals surface area contributed by atoms with Crippen molar-refractivity contribution in [2.24, 2.45) is 0 Å². The number of benzene rings is 1. The molecule has 8 nitrogen and oxygen atoms in total. The van der Waals surface area contributed by atoms with Gasteiger partial charge in [0, 0.05) is 37.8 Å². The Morgan fingerprint density at radius 2 is 1.86 bits per heavy atom. The summed E-state index contributed by atoms with van der Waals surface area (Å²) in [5.74, 6) is -0.464. The molecule has 3 aromatic rings. The van der Waals surface area contributed by atoms with Gasteiger partial charge in [-0.25, -0.2) is 9.37 Å². The molecule has 2 amide bonds. The van der Waals surface area contributed by atoms with E-state index in [1.807, 2.05) is 0 Å². The summed E-state index contributed by atoms with van der Waals surface area (Å²) >= 11 is 0. The molecule has 29 heavy (non-hydrogen) atoms. The molecule has 0 saturated heterocycles. The van der Waals surface area contributed by atoms with Crippen LogP contribution in [0.3, 0.4) is 0 Å². The first-order valence-corrected chi connectivity index (χ1v) is 8.83. The lowest BCUT2D eigenvalue weighted by Gasteiger charge is -2.07.